The smallest absolute Gasteiger partial charge is 0.248 e. The number of fused-ring (bicyclic) bond motifs is 5. The Morgan fingerprint density at radius 3 is 1.57 bits per heavy atom. The van der Waals surface area contributed by atoms with E-state index >= 15 is 0 Å². The third kappa shape index (κ3) is 3.88. The van der Waals surface area contributed by atoms with Crippen molar-refractivity contribution in [1.82, 2.24) is 0 Å². The fourth-order valence-electron chi connectivity index (χ4n) is 7.26. The van der Waals surface area contributed by atoms with Gasteiger partial charge in [0.1, 0.15) is 0 Å². The number of benzene rings is 7. The third-order valence-electron chi connectivity index (χ3n) is 9.28. The fourth-order valence-corrected chi connectivity index (χ4v) is 7.26. The summed E-state index contributed by atoms with van der Waals surface area (Å²) in [4.78, 5) is 2.49. The van der Waals surface area contributed by atoms with Crippen LogP contribution in [0.4, 0.5) is 17.1 Å². The van der Waals surface area contributed by atoms with Crippen LogP contribution in [0.25, 0.3) is 44.5 Å². The minimum atomic E-state index is 0.180. The molecule has 0 spiro atoms. The first-order chi connectivity index (χ1) is 21.8. The maximum absolute atomic E-state index is 2.49. The van der Waals surface area contributed by atoms with Crippen LogP contribution in [0.15, 0.2) is 170 Å². The van der Waals surface area contributed by atoms with Crippen LogP contribution in [-0.4, -0.2) is 6.71 Å². The van der Waals surface area contributed by atoms with E-state index in [2.05, 4.69) is 175 Å². The molecule has 0 unspecified atom stereocenters. The zero-order valence-corrected chi connectivity index (χ0v) is 24.2. The number of anilines is 3. The third-order valence-corrected chi connectivity index (χ3v) is 9.28. The Morgan fingerprint density at radius 2 is 0.886 bits per heavy atom. The van der Waals surface area contributed by atoms with Crippen molar-refractivity contribution in [2.75, 3.05) is 4.90 Å². The minimum absolute atomic E-state index is 0.180. The molecule has 0 atom stereocenters. The molecule has 9 rings (SSSR count). The summed E-state index contributed by atoms with van der Waals surface area (Å²) in [5, 5.41) is 0. The molecule has 44 heavy (non-hydrogen) atoms. The van der Waals surface area contributed by atoms with Crippen LogP contribution in [0, 0.1) is 0 Å². The number of nitrogens with zero attached hydrogens (tertiary/aromatic N) is 1. The molecule has 0 bridgehead atoms. The van der Waals surface area contributed by atoms with E-state index in [1.165, 1.54) is 78.0 Å². The van der Waals surface area contributed by atoms with Crippen LogP contribution in [-0.2, 0) is 0 Å². The monoisotopic (exact) mass is 557 g/mol. The van der Waals surface area contributed by atoms with Gasteiger partial charge in [-0.05, 0) is 85.8 Å². The average molecular weight is 558 g/mol. The maximum Gasteiger partial charge on any atom is 0.248 e. The Morgan fingerprint density at radius 1 is 0.341 bits per heavy atom. The molecule has 204 valence electrons. The molecular formula is C42H28BN. The predicted octanol–water partition coefficient (Wildman–Crippen LogP) is 8.97. The highest BCUT2D eigenvalue weighted by Gasteiger charge is 2.42. The molecule has 0 aliphatic carbocycles. The molecule has 0 amide bonds. The molecule has 1 nitrogen and oxygen atoms in total. The SMILES string of the molecule is c1ccc(-c2ccc(N3c4ccc(-c5ccccc5)cc4B4c5ccccc5-c5cc(-c6ccccc6)cc3c54)cc2)cc1. The minimum Gasteiger partial charge on any atom is -0.311 e. The van der Waals surface area contributed by atoms with Crippen LogP contribution in [0.3, 0.4) is 0 Å². The molecule has 2 heteroatoms. The molecule has 0 saturated heterocycles. The number of hydrogen-bond acceptors (Lipinski definition) is 1. The zero-order chi connectivity index (χ0) is 29.0. The summed E-state index contributed by atoms with van der Waals surface area (Å²) in [5.41, 5.74) is 17.9. The number of hydrogen-bond donors (Lipinski definition) is 0. The Bertz CT molecular complexity index is 2150. The highest BCUT2D eigenvalue weighted by Crippen LogP contribution is 2.43. The lowest BCUT2D eigenvalue weighted by molar-refractivity contribution is 1.30. The van der Waals surface area contributed by atoms with Crippen LogP contribution in [0.1, 0.15) is 0 Å². The van der Waals surface area contributed by atoms with Gasteiger partial charge < -0.3 is 4.90 Å². The summed E-state index contributed by atoms with van der Waals surface area (Å²) in [6.45, 7) is 0.180. The summed E-state index contributed by atoms with van der Waals surface area (Å²) in [5.74, 6) is 0. The topological polar surface area (TPSA) is 3.24 Å². The van der Waals surface area contributed by atoms with Crippen LogP contribution < -0.4 is 21.3 Å². The molecule has 0 radical (unpaired) electrons. The molecule has 0 N–H and O–H groups in total. The zero-order valence-electron chi connectivity index (χ0n) is 24.2. The van der Waals surface area contributed by atoms with E-state index in [0.29, 0.717) is 0 Å². The van der Waals surface area contributed by atoms with Crippen molar-refractivity contribution in [2.24, 2.45) is 0 Å². The summed E-state index contributed by atoms with van der Waals surface area (Å²) >= 11 is 0. The second-order valence-corrected chi connectivity index (χ2v) is 11.7. The van der Waals surface area contributed by atoms with E-state index in [0.717, 1.165) is 0 Å². The van der Waals surface area contributed by atoms with Gasteiger partial charge in [-0.25, -0.2) is 0 Å². The Kier molecular flexibility index (Phi) is 5.67. The molecule has 7 aromatic carbocycles. The summed E-state index contributed by atoms with van der Waals surface area (Å²) < 4.78 is 0. The fraction of sp³-hybridized carbons (Fsp3) is 0. The first kappa shape index (κ1) is 25.0. The molecule has 0 aromatic heterocycles. The van der Waals surface area contributed by atoms with Crippen molar-refractivity contribution in [3.8, 4) is 44.5 Å². The number of rotatable bonds is 4. The van der Waals surface area contributed by atoms with Crippen LogP contribution in [0.5, 0.6) is 0 Å². The lowest BCUT2D eigenvalue weighted by Gasteiger charge is -2.36. The van der Waals surface area contributed by atoms with Gasteiger partial charge in [-0.2, -0.15) is 0 Å². The van der Waals surface area contributed by atoms with Crippen molar-refractivity contribution in [2.45, 2.75) is 0 Å². The summed E-state index contributed by atoms with van der Waals surface area (Å²) in [6, 6.07) is 62.1. The van der Waals surface area contributed by atoms with E-state index in [9.17, 15) is 0 Å². The van der Waals surface area contributed by atoms with Crippen molar-refractivity contribution in [1.29, 1.82) is 0 Å². The largest absolute Gasteiger partial charge is 0.311 e. The molecule has 2 aliphatic heterocycles. The summed E-state index contributed by atoms with van der Waals surface area (Å²) in [7, 11) is 0. The first-order valence-corrected chi connectivity index (χ1v) is 15.3. The summed E-state index contributed by atoms with van der Waals surface area (Å²) in [6.07, 6.45) is 0. The molecular weight excluding hydrogens is 529 g/mol. The molecule has 0 fully saturated rings. The van der Waals surface area contributed by atoms with Crippen molar-refractivity contribution >= 4 is 40.2 Å². The van der Waals surface area contributed by atoms with Crippen LogP contribution >= 0.6 is 0 Å². The quantitative estimate of drug-likeness (QED) is 0.195. The van der Waals surface area contributed by atoms with E-state index in [1.807, 2.05) is 0 Å². The highest BCUT2D eigenvalue weighted by atomic mass is 15.1. The normalized spacial score (nSPS) is 12.5. The standard InChI is InChI=1S/C42H28BN/c1-4-12-29(13-5-1)32-20-23-35(24-21-32)44-40-25-22-33(30-14-6-2-7-15-30)27-39(40)43-38-19-11-10-18-36(38)37-26-34(28-41(44)42(37)43)31-16-8-3-9-17-31/h1-28H. The van der Waals surface area contributed by atoms with E-state index in [4.69, 9.17) is 0 Å². The van der Waals surface area contributed by atoms with E-state index in [-0.39, 0.29) is 6.71 Å². The van der Waals surface area contributed by atoms with Gasteiger partial charge in [0.25, 0.3) is 0 Å². The Labute approximate surface area is 258 Å². The maximum atomic E-state index is 2.49. The Hall–Kier alpha value is -5.60. The van der Waals surface area contributed by atoms with Gasteiger partial charge in [-0.15, -0.1) is 0 Å². The van der Waals surface area contributed by atoms with Crippen molar-refractivity contribution in [3.63, 3.8) is 0 Å². The second kappa shape index (κ2) is 10.0. The molecule has 0 saturated carbocycles. The average Bonchev–Trinajstić information content (AvgIpc) is 3.45. The van der Waals surface area contributed by atoms with Gasteiger partial charge in [-0.1, -0.05) is 145 Å². The van der Waals surface area contributed by atoms with Gasteiger partial charge in [0.05, 0.1) is 0 Å². The highest BCUT2D eigenvalue weighted by molar-refractivity contribution is 7.01. The van der Waals surface area contributed by atoms with Gasteiger partial charge >= 0.3 is 0 Å². The Balaban J connectivity index is 1.31. The van der Waals surface area contributed by atoms with Crippen LogP contribution in [0.2, 0.25) is 0 Å². The van der Waals surface area contributed by atoms with Crippen molar-refractivity contribution < 1.29 is 0 Å². The predicted molar refractivity (Wildman–Crippen MR) is 188 cm³/mol. The first-order valence-electron chi connectivity index (χ1n) is 15.3. The van der Waals surface area contributed by atoms with Gasteiger partial charge in [0, 0.05) is 17.1 Å². The molecule has 7 aromatic rings. The lowest BCUT2D eigenvalue weighted by atomic mass is 9.37. The van der Waals surface area contributed by atoms with Crippen molar-refractivity contribution in [3.05, 3.63) is 170 Å². The molecule has 2 aliphatic rings. The molecule has 2 heterocycles. The second-order valence-electron chi connectivity index (χ2n) is 11.7. The van der Waals surface area contributed by atoms with Gasteiger partial charge in [0.2, 0.25) is 6.71 Å². The van der Waals surface area contributed by atoms with Gasteiger partial charge in [0.15, 0.2) is 0 Å². The van der Waals surface area contributed by atoms with E-state index < -0.39 is 0 Å². The lowest BCUT2D eigenvalue weighted by Crippen LogP contribution is -2.54. The van der Waals surface area contributed by atoms with Gasteiger partial charge in [-0.3, -0.25) is 0 Å². The van der Waals surface area contributed by atoms with E-state index in [1.54, 1.807) is 0 Å².